The zero-order chi connectivity index (χ0) is 25.7. The lowest BCUT2D eigenvalue weighted by Gasteiger charge is -2.16. The van der Waals surface area contributed by atoms with Crippen molar-refractivity contribution in [3.05, 3.63) is 82.7 Å². The molecule has 0 radical (unpaired) electrons. The lowest BCUT2D eigenvalue weighted by molar-refractivity contribution is -0.138. The summed E-state index contributed by atoms with van der Waals surface area (Å²) < 4.78 is 40.8. The van der Waals surface area contributed by atoms with Gasteiger partial charge in [0.05, 0.1) is 11.3 Å². The van der Waals surface area contributed by atoms with E-state index in [2.05, 4.69) is 20.2 Å². The Labute approximate surface area is 209 Å². The summed E-state index contributed by atoms with van der Waals surface area (Å²) in [5, 5.41) is 2.96. The molecule has 2 aromatic carbocycles. The average Bonchev–Trinajstić information content (AvgIpc) is 3.38. The molecule has 0 unspecified atom stereocenters. The molecule has 1 saturated heterocycles. The highest BCUT2D eigenvalue weighted by Crippen LogP contribution is 2.32. The first-order valence-corrected chi connectivity index (χ1v) is 12.0. The summed E-state index contributed by atoms with van der Waals surface area (Å²) in [6.07, 6.45) is -1.13. The third-order valence-corrected chi connectivity index (χ3v) is 6.13. The van der Waals surface area contributed by atoms with Gasteiger partial charge in [-0.3, -0.25) is 4.79 Å². The molecule has 4 rings (SSSR count). The Morgan fingerprint density at radius 1 is 0.972 bits per heavy atom. The van der Waals surface area contributed by atoms with Crippen LogP contribution in [0.15, 0.2) is 54.7 Å². The lowest BCUT2D eigenvalue weighted by Crippen LogP contribution is -2.27. The van der Waals surface area contributed by atoms with Gasteiger partial charge >= 0.3 is 6.18 Å². The lowest BCUT2D eigenvalue weighted by atomic mass is 10.0. The molecule has 1 aromatic heterocycles. The van der Waals surface area contributed by atoms with Crippen LogP contribution >= 0.6 is 0 Å². The Bertz CT molecular complexity index is 1170. The molecular weight excluding hydrogens is 467 g/mol. The van der Waals surface area contributed by atoms with Gasteiger partial charge in [0, 0.05) is 37.1 Å². The summed E-state index contributed by atoms with van der Waals surface area (Å²) in [6, 6.07) is 14.7. The number of rotatable bonds is 8. The van der Waals surface area contributed by atoms with Gasteiger partial charge in [-0.1, -0.05) is 24.3 Å². The molecule has 0 spiro atoms. The summed E-state index contributed by atoms with van der Waals surface area (Å²) in [4.78, 5) is 24.5. The van der Waals surface area contributed by atoms with E-state index < -0.39 is 11.7 Å². The van der Waals surface area contributed by atoms with Gasteiger partial charge in [-0.15, -0.1) is 0 Å². The van der Waals surface area contributed by atoms with Crippen LogP contribution in [0.3, 0.4) is 0 Å². The van der Waals surface area contributed by atoms with Crippen molar-refractivity contribution in [3.63, 3.8) is 0 Å². The summed E-state index contributed by atoms with van der Waals surface area (Å²) in [5.41, 5.74) is 2.36. The Kier molecular flexibility index (Phi) is 7.88. The third-order valence-electron chi connectivity index (χ3n) is 6.13. The Morgan fingerprint density at radius 3 is 2.22 bits per heavy atom. The fourth-order valence-electron chi connectivity index (χ4n) is 4.27. The largest absolute Gasteiger partial charge is 0.419 e. The number of alkyl halides is 3. The number of halogens is 3. The van der Waals surface area contributed by atoms with Gasteiger partial charge in [-0.2, -0.15) is 13.2 Å². The maximum absolute atomic E-state index is 13.6. The second-order valence-corrected chi connectivity index (χ2v) is 9.31. The van der Waals surface area contributed by atoms with Crippen molar-refractivity contribution >= 4 is 17.5 Å². The number of carbonyl (C=O) groups excluding carboxylic acids is 1. The average molecular weight is 498 g/mol. The van der Waals surface area contributed by atoms with Crippen molar-refractivity contribution in [1.29, 1.82) is 0 Å². The number of likely N-dealkylation sites (tertiary alicyclic amines) is 1. The predicted octanol–water partition coefficient (Wildman–Crippen LogP) is 5.32. The highest BCUT2D eigenvalue weighted by atomic mass is 19.4. The van der Waals surface area contributed by atoms with Gasteiger partial charge in [-0.05, 0) is 75.2 Å². The van der Waals surface area contributed by atoms with Crippen molar-refractivity contribution in [2.45, 2.75) is 38.4 Å². The Morgan fingerprint density at radius 2 is 1.61 bits per heavy atom. The Balaban J connectivity index is 1.46. The fraction of sp³-hybridized carbons (Fsp3) is 0.370. The molecule has 1 aliphatic rings. The zero-order valence-corrected chi connectivity index (χ0v) is 20.5. The molecule has 0 bridgehead atoms. The highest BCUT2D eigenvalue weighted by Gasteiger charge is 2.34. The van der Waals surface area contributed by atoms with Crippen LogP contribution < -0.4 is 5.32 Å². The summed E-state index contributed by atoms with van der Waals surface area (Å²) in [7, 11) is 3.96. The van der Waals surface area contributed by atoms with Crippen LogP contribution in [0, 0.1) is 0 Å². The predicted molar refractivity (Wildman–Crippen MR) is 133 cm³/mol. The molecule has 0 saturated carbocycles. The van der Waals surface area contributed by atoms with Crippen molar-refractivity contribution in [3.8, 4) is 0 Å². The Hall–Kier alpha value is -3.46. The minimum absolute atomic E-state index is 0.0122. The molecule has 2 heterocycles. The molecule has 9 heteroatoms. The number of nitrogens with one attached hydrogen (secondary N) is 1. The molecule has 0 aliphatic carbocycles. The van der Waals surface area contributed by atoms with Crippen LogP contribution in [0.4, 0.5) is 24.8 Å². The first kappa shape index (κ1) is 25.6. The number of aryl methyl sites for hydroxylation is 2. The molecule has 3 aromatic rings. The number of anilines is 2. The molecule has 1 N–H and O–H groups in total. The van der Waals surface area contributed by atoms with Crippen molar-refractivity contribution in [1.82, 2.24) is 19.8 Å². The number of carbonyl (C=O) groups is 1. The summed E-state index contributed by atoms with van der Waals surface area (Å²) >= 11 is 0. The first-order valence-electron chi connectivity index (χ1n) is 12.0. The van der Waals surface area contributed by atoms with Gasteiger partial charge in [0.2, 0.25) is 5.95 Å². The number of hydrogen-bond acceptors (Lipinski definition) is 5. The zero-order valence-electron chi connectivity index (χ0n) is 20.5. The van der Waals surface area contributed by atoms with Crippen molar-refractivity contribution in [2.75, 3.05) is 32.5 Å². The highest BCUT2D eigenvalue weighted by molar-refractivity contribution is 5.94. The SMILES string of the molecule is CN(C)Cc1ccc(CCc2nc(Nc3ccc(C(=O)N4CCCC4)cc3)ncc2C(F)(F)F)cc1. The number of nitrogens with zero attached hydrogens (tertiary/aromatic N) is 4. The normalized spacial score (nSPS) is 13.9. The number of benzene rings is 2. The van der Waals surface area contributed by atoms with E-state index in [0.29, 0.717) is 17.7 Å². The van der Waals surface area contributed by atoms with Crippen LogP contribution in [0.2, 0.25) is 0 Å². The minimum atomic E-state index is -4.54. The van der Waals surface area contributed by atoms with Crippen LogP contribution in [-0.2, 0) is 25.6 Å². The molecule has 1 amide bonds. The quantitative estimate of drug-likeness (QED) is 0.456. The molecule has 190 valence electrons. The van der Waals surface area contributed by atoms with Crippen LogP contribution in [0.25, 0.3) is 0 Å². The van der Waals surface area contributed by atoms with Gasteiger partial charge in [0.25, 0.3) is 5.91 Å². The van der Waals surface area contributed by atoms with E-state index in [1.807, 2.05) is 43.3 Å². The molecule has 36 heavy (non-hydrogen) atoms. The number of hydrogen-bond donors (Lipinski definition) is 1. The third kappa shape index (κ3) is 6.60. The molecule has 1 fully saturated rings. The molecule has 1 aliphatic heterocycles. The van der Waals surface area contributed by atoms with Crippen molar-refractivity contribution in [2.24, 2.45) is 0 Å². The maximum Gasteiger partial charge on any atom is 0.419 e. The van der Waals surface area contributed by atoms with E-state index in [0.717, 1.165) is 49.8 Å². The summed E-state index contributed by atoms with van der Waals surface area (Å²) in [5.74, 6) is 0.0693. The summed E-state index contributed by atoms with van der Waals surface area (Å²) in [6.45, 7) is 2.33. The van der Waals surface area contributed by atoms with Gasteiger partial charge in [0.15, 0.2) is 0 Å². The van der Waals surface area contributed by atoms with Gasteiger partial charge < -0.3 is 15.1 Å². The van der Waals surface area contributed by atoms with E-state index >= 15 is 0 Å². The second-order valence-electron chi connectivity index (χ2n) is 9.31. The van der Waals surface area contributed by atoms with Crippen LogP contribution in [0.5, 0.6) is 0 Å². The number of amides is 1. The van der Waals surface area contributed by atoms with Crippen molar-refractivity contribution < 1.29 is 18.0 Å². The maximum atomic E-state index is 13.6. The van der Waals surface area contributed by atoms with Crippen LogP contribution in [0.1, 0.15) is 45.6 Å². The fourth-order valence-corrected chi connectivity index (χ4v) is 4.27. The second kappa shape index (κ2) is 11.1. The minimum Gasteiger partial charge on any atom is -0.339 e. The molecule has 6 nitrogen and oxygen atoms in total. The topological polar surface area (TPSA) is 61.4 Å². The molecule has 0 atom stereocenters. The van der Waals surface area contributed by atoms with Crippen LogP contribution in [-0.4, -0.2) is 52.9 Å². The number of aromatic nitrogens is 2. The van der Waals surface area contributed by atoms with E-state index in [4.69, 9.17) is 0 Å². The van der Waals surface area contributed by atoms with Gasteiger partial charge in [0.1, 0.15) is 0 Å². The van der Waals surface area contributed by atoms with E-state index in [9.17, 15) is 18.0 Å². The molecular formula is C27H30F3N5O. The van der Waals surface area contributed by atoms with E-state index in [1.165, 1.54) is 0 Å². The first-order chi connectivity index (χ1) is 17.2. The van der Waals surface area contributed by atoms with E-state index in [1.54, 1.807) is 24.3 Å². The van der Waals surface area contributed by atoms with E-state index in [-0.39, 0.29) is 24.0 Å². The van der Waals surface area contributed by atoms with Gasteiger partial charge in [-0.25, -0.2) is 9.97 Å². The smallest absolute Gasteiger partial charge is 0.339 e. The monoisotopic (exact) mass is 497 g/mol. The standard InChI is InChI=1S/C27H30F3N5O/c1-34(2)18-20-7-5-19(6-8-20)9-14-24-23(27(28,29)30)17-31-26(33-24)32-22-12-10-21(11-13-22)25(36)35-15-3-4-16-35/h5-8,10-13,17H,3-4,9,14-16,18H2,1-2H3,(H,31,32,33).